The minimum absolute atomic E-state index is 0.201. The standard InChI is InChI=1S/C15H19ClN2O/c1-18-9-8-17-15(18)7-4-13(11-19)10-12-2-5-14(16)6-3-12/h2-3,5-6,8-9,13,19H,4,7,10-11H2,1H3. The summed E-state index contributed by atoms with van der Waals surface area (Å²) in [7, 11) is 2.00. The highest BCUT2D eigenvalue weighted by molar-refractivity contribution is 6.30. The highest BCUT2D eigenvalue weighted by Crippen LogP contribution is 2.16. The number of nitrogens with zero attached hydrogens (tertiary/aromatic N) is 2. The number of aliphatic hydroxyl groups excluding tert-OH is 1. The Morgan fingerprint density at radius 1 is 1.32 bits per heavy atom. The molecule has 2 aromatic rings. The van der Waals surface area contributed by atoms with Crippen molar-refractivity contribution in [3.05, 3.63) is 53.1 Å². The van der Waals surface area contributed by atoms with E-state index in [9.17, 15) is 5.11 Å². The van der Waals surface area contributed by atoms with Crippen LogP contribution in [0.25, 0.3) is 0 Å². The molecule has 1 heterocycles. The Kier molecular flexibility index (Phi) is 5.00. The van der Waals surface area contributed by atoms with E-state index < -0.39 is 0 Å². The van der Waals surface area contributed by atoms with Crippen molar-refractivity contribution in [3.63, 3.8) is 0 Å². The van der Waals surface area contributed by atoms with Crippen LogP contribution in [0.2, 0.25) is 5.02 Å². The molecule has 0 aliphatic rings. The summed E-state index contributed by atoms with van der Waals surface area (Å²) in [5.41, 5.74) is 1.21. The van der Waals surface area contributed by atoms with Gasteiger partial charge in [0, 0.05) is 37.5 Å². The Morgan fingerprint density at radius 2 is 2.05 bits per heavy atom. The topological polar surface area (TPSA) is 38.0 Å². The van der Waals surface area contributed by atoms with Crippen LogP contribution in [0.3, 0.4) is 0 Å². The lowest BCUT2D eigenvalue weighted by Gasteiger charge is -2.14. The SMILES string of the molecule is Cn1ccnc1CCC(CO)Cc1ccc(Cl)cc1. The van der Waals surface area contributed by atoms with Crippen LogP contribution in [0.15, 0.2) is 36.7 Å². The highest BCUT2D eigenvalue weighted by Gasteiger charge is 2.10. The summed E-state index contributed by atoms with van der Waals surface area (Å²) in [4.78, 5) is 4.30. The second-order valence-corrected chi connectivity index (χ2v) is 5.31. The van der Waals surface area contributed by atoms with Gasteiger partial charge in [-0.25, -0.2) is 4.98 Å². The van der Waals surface area contributed by atoms with Crippen LogP contribution in [0.5, 0.6) is 0 Å². The predicted molar refractivity (Wildman–Crippen MR) is 77.3 cm³/mol. The number of halogens is 1. The third kappa shape index (κ3) is 4.08. The molecule has 0 aliphatic carbocycles. The maximum Gasteiger partial charge on any atom is 0.108 e. The molecule has 0 fully saturated rings. The van der Waals surface area contributed by atoms with E-state index in [2.05, 4.69) is 4.98 Å². The molecule has 0 saturated carbocycles. The molecule has 0 aliphatic heterocycles. The number of aliphatic hydroxyl groups is 1. The summed E-state index contributed by atoms with van der Waals surface area (Å²) < 4.78 is 2.02. The second kappa shape index (κ2) is 6.73. The fourth-order valence-corrected chi connectivity index (χ4v) is 2.31. The third-order valence-electron chi connectivity index (χ3n) is 3.39. The van der Waals surface area contributed by atoms with Gasteiger partial charge in [0.15, 0.2) is 0 Å². The van der Waals surface area contributed by atoms with E-state index in [0.29, 0.717) is 0 Å². The van der Waals surface area contributed by atoms with Crippen LogP contribution in [-0.4, -0.2) is 21.3 Å². The molecule has 1 N–H and O–H groups in total. The van der Waals surface area contributed by atoms with Crippen molar-refractivity contribution in [2.45, 2.75) is 19.3 Å². The van der Waals surface area contributed by atoms with Crippen LogP contribution >= 0.6 is 11.6 Å². The van der Waals surface area contributed by atoms with Crippen molar-refractivity contribution in [2.75, 3.05) is 6.61 Å². The van der Waals surface area contributed by atoms with Gasteiger partial charge in [-0.1, -0.05) is 23.7 Å². The summed E-state index contributed by atoms with van der Waals surface area (Å²) >= 11 is 5.87. The second-order valence-electron chi connectivity index (χ2n) is 4.87. The van der Waals surface area contributed by atoms with Crippen molar-refractivity contribution < 1.29 is 5.11 Å². The number of hydrogen-bond acceptors (Lipinski definition) is 2. The van der Waals surface area contributed by atoms with E-state index in [-0.39, 0.29) is 12.5 Å². The van der Waals surface area contributed by atoms with E-state index in [1.807, 2.05) is 48.3 Å². The average Bonchev–Trinajstić information content (AvgIpc) is 2.82. The Hall–Kier alpha value is -1.32. The fourth-order valence-electron chi connectivity index (χ4n) is 2.18. The average molecular weight is 279 g/mol. The first-order chi connectivity index (χ1) is 9.19. The maximum atomic E-state index is 9.49. The predicted octanol–water partition coefficient (Wildman–Crippen LogP) is 2.86. The monoisotopic (exact) mass is 278 g/mol. The normalized spacial score (nSPS) is 12.6. The summed E-state index contributed by atoms with van der Waals surface area (Å²) in [5.74, 6) is 1.33. The lowest BCUT2D eigenvalue weighted by molar-refractivity contribution is 0.217. The first-order valence-electron chi connectivity index (χ1n) is 6.50. The van der Waals surface area contributed by atoms with E-state index in [0.717, 1.165) is 30.1 Å². The Morgan fingerprint density at radius 3 is 2.63 bits per heavy atom. The van der Waals surface area contributed by atoms with Gasteiger partial charge in [-0.15, -0.1) is 0 Å². The lowest BCUT2D eigenvalue weighted by Crippen LogP contribution is -2.12. The largest absolute Gasteiger partial charge is 0.396 e. The number of benzene rings is 1. The Labute approximate surface area is 118 Å². The smallest absolute Gasteiger partial charge is 0.108 e. The number of rotatable bonds is 6. The number of aromatic nitrogens is 2. The summed E-state index contributed by atoms with van der Waals surface area (Å²) in [6.45, 7) is 0.201. The van der Waals surface area contributed by atoms with Crippen LogP contribution < -0.4 is 0 Å². The molecule has 4 heteroatoms. The number of aryl methyl sites for hydroxylation is 2. The molecule has 1 atom stereocenters. The molecule has 102 valence electrons. The van der Waals surface area contributed by atoms with Gasteiger partial charge in [0.2, 0.25) is 0 Å². The van der Waals surface area contributed by atoms with Crippen LogP contribution in [0, 0.1) is 5.92 Å². The lowest BCUT2D eigenvalue weighted by atomic mass is 9.95. The van der Waals surface area contributed by atoms with E-state index in [4.69, 9.17) is 11.6 Å². The summed E-state index contributed by atoms with van der Waals surface area (Å²) in [5, 5.41) is 10.2. The van der Waals surface area contributed by atoms with Crippen LogP contribution in [0.1, 0.15) is 17.8 Å². The highest BCUT2D eigenvalue weighted by atomic mass is 35.5. The Balaban J connectivity index is 1.90. The zero-order valence-corrected chi connectivity index (χ0v) is 11.8. The molecule has 0 spiro atoms. The van der Waals surface area contributed by atoms with Gasteiger partial charge >= 0.3 is 0 Å². The van der Waals surface area contributed by atoms with E-state index in [1.165, 1.54) is 5.56 Å². The first kappa shape index (κ1) is 14.1. The van der Waals surface area contributed by atoms with Gasteiger partial charge in [0.1, 0.15) is 5.82 Å². The quantitative estimate of drug-likeness (QED) is 0.882. The molecule has 0 saturated heterocycles. The molecule has 0 amide bonds. The molecule has 1 aromatic carbocycles. The summed E-state index contributed by atoms with van der Waals surface area (Å²) in [6.07, 6.45) is 6.45. The van der Waals surface area contributed by atoms with Crippen LogP contribution in [0.4, 0.5) is 0 Å². The summed E-state index contributed by atoms with van der Waals surface area (Å²) in [6, 6.07) is 7.83. The molecule has 1 unspecified atom stereocenters. The molecule has 0 bridgehead atoms. The molecule has 1 aromatic heterocycles. The van der Waals surface area contributed by atoms with Gasteiger partial charge in [0.05, 0.1) is 0 Å². The van der Waals surface area contributed by atoms with Gasteiger partial charge in [0.25, 0.3) is 0 Å². The van der Waals surface area contributed by atoms with E-state index in [1.54, 1.807) is 0 Å². The molecule has 3 nitrogen and oxygen atoms in total. The van der Waals surface area contributed by atoms with Gasteiger partial charge in [-0.05, 0) is 36.5 Å². The van der Waals surface area contributed by atoms with Crippen molar-refractivity contribution >= 4 is 11.6 Å². The number of hydrogen-bond donors (Lipinski definition) is 1. The third-order valence-corrected chi connectivity index (χ3v) is 3.64. The minimum Gasteiger partial charge on any atom is -0.396 e. The molecular weight excluding hydrogens is 260 g/mol. The fraction of sp³-hybridized carbons (Fsp3) is 0.400. The first-order valence-corrected chi connectivity index (χ1v) is 6.88. The zero-order valence-electron chi connectivity index (χ0n) is 11.1. The number of imidazole rings is 1. The van der Waals surface area contributed by atoms with Crippen molar-refractivity contribution in [1.29, 1.82) is 0 Å². The molecule has 0 radical (unpaired) electrons. The van der Waals surface area contributed by atoms with Crippen molar-refractivity contribution in [2.24, 2.45) is 13.0 Å². The zero-order chi connectivity index (χ0) is 13.7. The van der Waals surface area contributed by atoms with Gasteiger partial charge < -0.3 is 9.67 Å². The molecule has 2 rings (SSSR count). The molecular formula is C15H19ClN2O. The molecule has 19 heavy (non-hydrogen) atoms. The Bertz CT molecular complexity index is 507. The van der Waals surface area contributed by atoms with Gasteiger partial charge in [-0.3, -0.25) is 0 Å². The van der Waals surface area contributed by atoms with Crippen LogP contribution in [-0.2, 0) is 19.9 Å². The van der Waals surface area contributed by atoms with Crippen molar-refractivity contribution in [1.82, 2.24) is 9.55 Å². The minimum atomic E-state index is 0.201. The van der Waals surface area contributed by atoms with Gasteiger partial charge in [-0.2, -0.15) is 0 Å². The van der Waals surface area contributed by atoms with Crippen molar-refractivity contribution in [3.8, 4) is 0 Å². The van der Waals surface area contributed by atoms with E-state index >= 15 is 0 Å². The maximum absolute atomic E-state index is 9.49.